The van der Waals surface area contributed by atoms with E-state index >= 15 is 0 Å². The van der Waals surface area contributed by atoms with E-state index in [0.717, 1.165) is 4.57 Å². The molecule has 1 aromatic carbocycles. The predicted octanol–water partition coefficient (Wildman–Crippen LogP) is 4.02. The molecule has 108 valence electrons. The SMILES string of the molecule is Cc1ncsc1-n1c(F)c(C(C)C)c2ccccc2c1=O. The molecular weight excluding hydrogens is 287 g/mol. The van der Waals surface area contributed by atoms with E-state index in [2.05, 4.69) is 4.98 Å². The number of pyridine rings is 1. The van der Waals surface area contributed by atoms with Gasteiger partial charge in [-0.25, -0.2) is 9.55 Å². The van der Waals surface area contributed by atoms with E-state index in [1.807, 2.05) is 19.9 Å². The van der Waals surface area contributed by atoms with Gasteiger partial charge in [-0.1, -0.05) is 32.0 Å². The maximum absolute atomic E-state index is 15.0. The topological polar surface area (TPSA) is 34.9 Å². The van der Waals surface area contributed by atoms with Crippen molar-refractivity contribution >= 4 is 22.1 Å². The van der Waals surface area contributed by atoms with Gasteiger partial charge in [-0.2, -0.15) is 4.39 Å². The standard InChI is InChI=1S/C16H15FN2OS/c1-9(2)13-11-6-4-5-7-12(11)15(20)19(14(13)17)16-10(3)18-8-21-16/h4-9H,1-3H3. The fraction of sp³-hybridized carbons (Fsp3) is 0.250. The lowest BCUT2D eigenvalue weighted by atomic mass is 9.98. The number of nitrogens with zero attached hydrogens (tertiary/aromatic N) is 2. The summed E-state index contributed by atoms with van der Waals surface area (Å²) in [5.74, 6) is -0.504. The Labute approximate surface area is 125 Å². The quantitative estimate of drug-likeness (QED) is 0.670. The summed E-state index contributed by atoms with van der Waals surface area (Å²) in [5, 5.41) is 1.77. The zero-order valence-corrected chi connectivity index (χ0v) is 12.9. The third-order valence-corrected chi connectivity index (χ3v) is 4.48. The van der Waals surface area contributed by atoms with Gasteiger partial charge < -0.3 is 0 Å². The minimum atomic E-state index is -0.485. The number of benzene rings is 1. The highest BCUT2D eigenvalue weighted by atomic mass is 32.1. The molecule has 0 atom stereocenters. The van der Waals surface area contributed by atoms with Crippen LogP contribution in [0.3, 0.4) is 0 Å². The van der Waals surface area contributed by atoms with Gasteiger partial charge in [0.15, 0.2) is 0 Å². The zero-order valence-electron chi connectivity index (χ0n) is 12.1. The first-order chi connectivity index (χ1) is 10.0. The molecule has 0 aliphatic heterocycles. The largest absolute Gasteiger partial charge is 0.268 e. The van der Waals surface area contributed by atoms with Crippen LogP contribution in [0, 0.1) is 12.9 Å². The number of hydrogen-bond donors (Lipinski definition) is 0. The summed E-state index contributed by atoms with van der Waals surface area (Å²) in [6.07, 6.45) is 0. The molecule has 0 aliphatic carbocycles. The summed E-state index contributed by atoms with van der Waals surface area (Å²) in [5.41, 5.74) is 2.52. The lowest BCUT2D eigenvalue weighted by Gasteiger charge is -2.16. The minimum Gasteiger partial charge on any atom is -0.268 e. The highest BCUT2D eigenvalue weighted by molar-refractivity contribution is 7.12. The van der Waals surface area contributed by atoms with Gasteiger partial charge in [0.1, 0.15) is 5.00 Å². The van der Waals surface area contributed by atoms with Crippen LogP contribution < -0.4 is 5.56 Å². The summed E-state index contributed by atoms with van der Waals surface area (Å²) in [6.45, 7) is 5.64. The van der Waals surface area contributed by atoms with Crippen LogP contribution in [0.25, 0.3) is 15.8 Å². The number of thiazole rings is 1. The fourth-order valence-electron chi connectivity index (χ4n) is 2.59. The number of hydrogen-bond acceptors (Lipinski definition) is 3. The molecule has 0 spiro atoms. The molecule has 2 heterocycles. The molecule has 0 fully saturated rings. The third kappa shape index (κ3) is 2.08. The minimum absolute atomic E-state index is 0.0185. The molecule has 0 unspecified atom stereocenters. The highest BCUT2D eigenvalue weighted by Crippen LogP contribution is 2.29. The molecule has 0 N–H and O–H groups in total. The van der Waals surface area contributed by atoms with E-state index in [0.29, 0.717) is 27.0 Å². The van der Waals surface area contributed by atoms with E-state index in [1.165, 1.54) is 11.3 Å². The van der Waals surface area contributed by atoms with Gasteiger partial charge in [0.25, 0.3) is 5.56 Å². The molecule has 5 heteroatoms. The van der Waals surface area contributed by atoms with E-state index in [4.69, 9.17) is 0 Å². The molecule has 0 radical (unpaired) electrons. The highest BCUT2D eigenvalue weighted by Gasteiger charge is 2.21. The van der Waals surface area contributed by atoms with Crippen LogP contribution in [-0.4, -0.2) is 9.55 Å². The predicted molar refractivity (Wildman–Crippen MR) is 84.0 cm³/mol. The number of fused-ring (bicyclic) bond motifs is 1. The van der Waals surface area contributed by atoms with E-state index in [9.17, 15) is 9.18 Å². The van der Waals surface area contributed by atoms with Crippen LogP contribution in [0.2, 0.25) is 0 Å². The van der Waals surface area contributed by atoms with Crippen LogP contribution >= 0.6 is 11.3 Å². The van der Waals surface area contributed by atoms with E-state index < -0.39 is 5.95 Å². The van der Waals surface area contributed by atoms with Crippen LogP contribution in [0.5, 0.6) is 0 Å². The van der Waals surface area contributed by atoms with Crippen LogP contribution in [0.15, 0.2) is 34.6 Å². The van der Waals surface area contributed by atoms with Gasteiger partial charge in [0, 0.05) is 10.9 Å². The van der Waals surface area contributed by atoms with Gasteiger partial charge in [-0.3, -0.25) is 4.79 Å². The molecule has 3 nitrogen and oxygen atoms in total. The maximum Gasteiger partial charge on any atom is 0.265 e. The van der Waals surface area contributed by atoms with E-state index in [-0.39, 0.29) is 11.5 Å². The lowest BCUT2D eigenvalue weighted by molar-refractivity contribution is 0.526. The molecule has 21 heavy (non-hydrogen) atoms. The molecular formula is C16H15FN2OS. The smallest absolute Gasteiger partial charge is 0.265 e. The summed E-state index contributed by atoms with van der Waals surface area (Å²) in [7, 11) is 0. The van der Waals surface area contributed by atoms with Crippen LogP contribution in [-0.2, 0) is 0 Å². The number of aryl methyl sites for hydroxylation is 1. The Bertz CT molecular complexity index is 880. The zero-order chi connectivity index (χ0) is 15.1. The molecule has 3 rings (SSSR count). The first kappa shape index (κ1) is 13.9. The van der Waals surface area contributed by atoms with Gasteiger partial charge >= 0.3 is 0 Å². The fourth-order valence-corrected chi connectivity index (χ4v) is 3.39. The normalized spacial score (nSPS) is 11.5. The summed E-state index contributed by atoms with van der Waals surface area (Å²) < 4.78 is 16.2. The monoisotopic (exact) mass is 302 g/mol. The van der Waals surface area contributed by atoms with Gasteiger partial charge in [-0.15, -0.1) is 11.3 Å². The Kier molecular flexibility index (Phi) is 3.37. The second-order valence-electron chi connectivity index (χ2n) is 5.29. The Morgan fingerprint density at radius 1 is 1.24 bits per heavy atom. The van der Waals surface area contributed by atoms with Crippen molar-refractivity contribution in [2.24, 2.45) is 0 Å². The number of rotatable bonds is 2. The third-order valence-electron chi connectivity index (χ3n) is 3.57. The van der Waals surface area contributed by atoms with Gasteiger partial charge in [0.05, 0.1) is 11.2 Å². The Hall–Kier alpha value is -2.01. The number of aromatic nitrogens is 2. The Balaban J connectivity index is 2.52. The van der Waals surface area contributed by atoms with Crippen LogP contribution in [0.4, 0.5) is 4.39 Å². The van der Waals surface area contributed by atoms with Crippen molar-refractivity contribution in [1.29, 1.82) is 0 Å². The molecule has 3 aromatic rings. The molecule has 0 aliphatic rings. The average molecular weight is 302 g/mol. The summed E-state index contributed by atoms with van der Waals surface area (Å²) >= 11 is 1.27. The van der Waals surface area contributed by atoms with Crippen molar-refractivity contribution in [3.05, 3.63) is 57.3 Å². The summed E-state index contributed by atoms with van der Waals surface area (Å²) in [4.78, 5) is 16.8. The van der Waals surface area contributed by atoms with Crippen molar-refractivity contribution in [2.75, 3.05) is 0 Å². The molecule has 0 amide bonds. The Morgan fingerprint density at radius 3 is 2.48 bits per heavy atom. The van der Waals surface area contributed by atoms with Crippen molar-refractivity contribution < 1.29 is 4.39 Å². The Morgan fingerprint density at radius 2 is 1.90 bits per heavy atom. The maximum atomic E-state index is 15.0. The van der Waals surface area contributed by atoms with Gasteiger partial charge in [0.2, 0.25) is 5.95 Å². The van der Waals surface area contributed by atoms with Crippen molar-refractivity contribution in [1.82, 2.24) is 9.55 Å². The molecule has 0 saturated heterocycles. The second-order valence-corrected chi connectivity index (χ2v) is 6.12. The first-order valence-corrected chi connectivity index (χ1v) is 7.64. The average Bonchev–Trinajstić information content (AvgIpc) is 2.85. The van der Waals surface area contributed by atoms with Crippen molar-refractivity contribution in [2.45, 2.75) is 26.7 Å². The van der Waals surface area contributed by atoms with Crippen molar-refractivity contribution in [3.8, 4) is 5.00 Å². The number of halogens is 1. The molecule has 0 saturated carbocycles. The first-order valence-electron chi connectivity index (χ1n) is 6.76. The van der Waals surface area contributed by atoms with E-state index in [1.54, 1.807) is 30.6 Å². The summed E-state index contributed by atoms with van der Waals surface area (Å²) in [6, 6.07) is 7.18. The molecule has 2 aromatic heterocycles. The molecule has 0 bridgehead atoms. The van der Waals surface area contributed by atoms with Crippen LogP contribution in [0.1, 0.15) is 31.0 Å². The van der Waals surface area contributed by atoms with Gasteiger partial charge in [-0.05, 0) is 24.3 Å². The van der Waals surface area contributed by atoms with Crippen molar-refractivity contribution in [3.63, 3.8) is 0 Å². The lowest BCUT2D eigenvalue weighted by Crippen LogP contribution is -2.23. The second kappa shape index (κ2) is 5.07.